The Hall–Kier alpha value is -3.30. The van der Waals surface area contributed by atoms with Crippen molar-refractivity contribution in [2.45, 2.75) is 45.7 Å². The average molecular weight is 513 g/mol. The van der Waals surface area contributed by atoms with Crippen LogP contribution in [0.3, 0.4) is 0 Å². The van der Waals surface area contributed by atoms with E-state index in [1.54, 1.807) is 29.2 Å². The largest absolute Gasteiger partial charge is 0.464 e. The number of carbonyl (C=O) groups is 1. The van der Waals surface area contributed by atoms with Gasteiger partial charge in [-0.1, -0.05) is 37.6 Å². The lowest BCUT2D eigenvalue weighted by molar-refractivity contribution is -0.133. The molecular formula is C27H32N2O6S. The van der Waals surface area contributed by atoms with Gasteiger partial charge in [-0.15, -0.1) is 0 Å². The zero-order chi connectivity index (χ0) is 25.9. The lowest BCUT2D eigenvalue weighted by Crippen LogP contribution is -2.43. The highest BCUT2D eigenvalue weighted by Gasteiger charge is 2.30. The van der Waals surface area contributed by atoms with Crippen molar-refractivity contribution in [2.24, 2.45) is 5.92 Å². The average Bonchev–Trinajstić information content (AvgIpc) is 3.46. The molecule has 0 unspecified atom stereocenters. The van der Waals surface area contributed by atoms with Gasteiger partial charge in [-0.3, -0.25) is 4.79 Å². The molecule has 0 atom stereocenters. The van der Waals surface area contributed by atoms with Crippen LogP contribution in [0.25, 0.3) is 0 Å². The van der Waals surface area contributed by atoms with E-state index in [9.17, 15) is 13.2 Å². The zero-order valence-corrected chi connectivity index (χ0v) is 21.9. The number of sulfonamides is 1. The lowest BCUT2D eigenvalue weighted by Gasteiger charge is -2.28. The number of hydrogen-bond acceptors (Lipinski definition) is 6. The van der Waals surface area contributed by atoms with Crippen LogP contribution in [0, 0.1) is 19.8 Å². The third kappa shape index (κ3) is 6.09. The molecule has 0 N–H and O–H groups in total. The summed E-state index contributed by atoms with van der Waals surface area (Å²) in [6, 6.07) is 15.9. The molecule has 2 heterocycles. The van der Waals surface area contributed by atoms with Gasteiger partial charge >= 0.3 is 0 Å². The Balaban J connectivity index is 1.60. The number of rotatable bonds is 10. The van der Waals surface area contributed by atoms with E-state index in [2.05, 4.69) is 0 Å². The monoisotopic (exact) mass is 512 g/mol. The standard InChI is InChI=1S/C27H32N2O6S/c1-19(2)14-29(36(31,32)24-10-5-20(3)6-11-24)17-27(30)28(16-23-9-7-21(4)35-23)15-22-8-12-25-26(13-22)34-18-33-25/h5-13,19H,14-18H2,1-4H3. The maximum Gasteiger partial charge on any atom is 0.243 e. The number of benzene rings is 2. The predicted octanol–water partition coefficient (Wildman–Crippen LogP) is 4.50. The molecule has 8 nitrogen and oxygen atoms in total. The van der Waals surface area contributed by atoms with Gasteiger partial charge in [0.15, 0.2) is 11.5 Å². The molecule has 1 aromatic heterocycles. The SMILES string of the molecule is Cc1ccc(S(=O)(=O)N(CC(=O)N(Cc2ccc3c(c2)OCO3)Cc2ccc(C)o2)CC(C)C)cc1. The van der Waals surface area contributed by atoms with E-state index in [0.717, 1.165) is 16.9 Å². The molecule has 3 aromatic rings. The Morgan fingerprint density at radius 3 is 2.33 bits per heavy atom. The lowest BCUT2D eigenvalue weighted by atomic mass is 10.2. The van der Waals surface area contributed by atoms with Crippen LogP contribution in [-0.2, 0) is 27.9 Å². The molecule has 1 amide bonds. The van der Waals surface area contributed by atoms with Crippen LogP contribution in [0.1, 0.15) is 36.5 Å². The van der Waals surface area contributed by atoms with Crippen molar-refractivity contribution in [3.05, 3.63) is 77.2 Å². The van der Waals surface area contributed by atoms with Gasteiger partial charge in [0.25, 0.3) is 0 Å². The first kappa shape index (κ1) is 25.8. The maximum absolute atomic E-state index is 13.6. The third-order valence-electron chi connectivity index (χ3n) is 5.84. The van der Waals surface area contributed by atoms with Gasteiger partial charge in [0.2, 0.25) is 22.7 Å². The van der Waals surface area contributed by atoms with Crippen molar-refractivity contribution in [1.82, 2.24) is 9.21 Å². The summed E-state index contributed by atoms with van der Waals surface area (Å²) < 4.78 is 44.8. The molecule has 0 saturated carbocycles. The van der Waals surface area contributed by atoms with Crippen LogP contribution in [0.2, 0.25) is 0 Å². The molecule has 4 rings (SSSR count). The summed E-state index contributed by atoms with van der Waals surface area (Å²) in [6.45, 7) is 8.17. The van der Waals surface area contributed by atoms with Gasteiger partial charge in [-0.25, -0.2) is 8.42 Å². The summed E-state index contributed by atoms with van der Waals surface area (Å²) in [5, 5.41) is 0. The summed E-state index contributed by atoms with van der Waals surface area (Å²) >= 11 is 0. The van der Waals surface area contributed by atoms with Crippen molar-refractivity contribution >= 4 is 15.9 Å². The smallest absolute Gasteiger partial charge is 0.243 e. The first-order valence-electron chi connectivity index (χ1n) is 11.9. The molecule has 2 aromatic carbocycles. The fourth-order valence-corrected chi connectivity index (χ4v) is 5.57. The molecule has 9 heteroatoms. The first-order chi connectivity index (χ1) is 17.1. The summed E-state index contributed by atoms with van der Waals surface area (Å²) in [5.41, 5.74) is 1.80. The second-order valence-electron chi connectivity index (χ2n) is 9.45. The molecule has 1 aliphatic heterocycles. The molecule has 36 heavy (non-hydrogen) atoms. The Morgan fingerprint density at radius 2 is 1.67 bits per heavy atom. The van der Waals surface area contributed by atoms with Crippen LogP contribution in [0.5, 0.6) is 11.5 Å². The van der Waals surface area contributed by atoms with E-state index < -0.39 is 10.0 Å². The highest BCUT2D eigenvalue weighted by molar-refractivity contribution is 7.89. The molecule has 0 radical (unpaired) electrons. The van der Waals surface area contributed by atoms with Crippen LogP contribution < -0.4 is 9.47 Å². The Labute approximate surface area is 212 Å². The van der Waals surface area contributed by atoms with E-state index in [4.69, 9.17) is 13.9 Å². The third-order valence-corrected chi connectivity index (χ3v) is 7.67. The van der Waals surface area contributed by atoms with E-state index in [1.165, 1.54) is 4.31 Å². The first-order valence-corrected chi connectivity index (χ1v) is 13.3. The Bertz CT molecular complexity index is 1310. The minimum atomic E-state index is -3.87. The second-order valence-corrected chi connectivity index (χ2v) is 11.4. The van der Waals surface area contributed by atoms with Crippen molar-refractivity contribution in [1.29, 1.82) is 0 Å². The zero-order valence-electron chi connectivity index (χ0n) is 21.1. The molecule has 0 aliphatic carbocycles. The second kappa shape index (κ2) is 10.8. The maximum atomic E-state index is 13.6. The number of nitrogens with zero attached hydrogens (tertiary/aromatic N) is 2. The Morgan fingerprint density at radius 1 is 0.944 bits per heavy atom. The molecule has 1 aliphatic rings. The number of aryl methyl sites for hydroxylation is 2. The Kier molecular flexibility index (Phi) is 7.70. The summed E-state index contributed by atoms with van der Waals surface area (Å²) in [5.74, 6) is 2.36. The van der Waals surface area contributed by atoms with Gasteiger partial charge in [-0.05, 0) is 61.7 Å². The minimum absolute atomic E-state index is 0.0352. The molecule has 0 bridgehead atoms. The van der Waals surface area contributed by atoms with E-state index in [1.807, 2.05) is 58.0 Å². The van der Waals surface area contributed by atoms with Gasteiger partial charge in [0.05, 0.1) is 18.0 Å². The quantitative estimate of drug-likeness (QED) is 0.397. The number of hydrogen-bond donors (Lipinski definition) is 0. The van der Waals surface area contributed by atoms with Crippen molar-refractivity contribution in [3.8, 4) is 11.5 Å². The van der Waals surface area contributed by atoms with Gasteiger partial charge in [0, 0.05) is 13.1 Å². The minimum Gasteiger partial charge on any atom is -0.464 e. The fourth-order valence-electron chi connectivity index (χ4n) is 4.02. The highest BCUT2D eigenvalue weighted by atomic mass is 32.2. The summed E-state index contributed by atoms with van der Waals surface area (Å²) in [4.78, 5) is 15.4. The molecule has 0 fully saturated rings. The van der Waals surface area contributed by atoms with Crippen molar-refractivity contribution < 1.29 is 27.1 Å². The number of furan rings is 1. The van der Waals surface area contributed by atoms with Gasteiger partial charge in [-0.2, -0.15) is 4.31 Å². The van der Waals surface area contributed by atoms with Crippen LogP contribution in [0.4, 0.5) is 0 Å². The van der Waals surface area contributed by atoms with Gasteiger partial charge in [0.1, 0.15) is 11.5 Å². The molecular weight excluding hydrogens is 480 g/mol. The number of ether oxygens (including phenoxy) is 2. The number of carbonyl (C=O) groups excluding carboxylic acids is 1. The summed E-state index contributed by atoms with van der Waals surface area (Å²) in [7, 11) is -3.87. The topological polar surface area (TPSA) is 89.3 Å². The van der Waals surface area contributed by atoms with Crippen LogP contribution >= 0.6 is 0 Å². The van der Waals surface area contributed by atoms with Crippen LogP contribution in [-0.4, -0.2) is 43.4 Å². The van der Waals surface area contributed by atoms with E-state index in [0.29, 0.717) is 17.3 Å². The molecule has 192 valence electrons. The van der Waals surface area contributed by atoms with Crippen molar-refractivity contribution in [3.63, 3.8) is 0 Å². The van der Waals surface area contributed by atoms with E-state index >= 15 is 0 Å². The number of amides is 1. The van der Waals surface area contributed by atoms with Crippen LogP contribution in [0.15, 0.2) is 63.9 Å². The number of fused-ring (bicyclic) bond motifs is 1. The highest BCUT2D eigenvalue weighted by Crippen LogP contribution is 2.33. The summed E-state index contributed by atoms with van der Waals surface area (Å²) in [6.07, 6.45) is 0. The van der Waals surface area contributed by atoms with Crippen molar-refractivity contribution in [2.75, 3.05) is 19.9 Å². The predicted molar refractivity (Wildman–Crippen MR) is 135 cm³/mol. The molecule has 0 spiro atoms. The fraction of sp³-hybridized carbons (Fsp3) is 0.370. The van der Waals surface area contributed by atoms with Gasteiger partial charge < -0.3 is 18.8 Å². The molecule has 0 saturated heterocycles. The normalized spacial score (nSPS) is 12.9. The van der Waals surface area contributed by atoms with E-state index in [-0.39, 0.29) is 49.7 Å².